The molecule has 18 heavy (non-hydrogen) atoms. The molecule has 0 aromatic heterocycles. The van der Waals surface area contributed by atoms with Crippen molar-refractivity contribution in [3.63, 3.8) is 0 Å². The van der Waals surface area contributed by atoms with E-state index in [1.54, 1.807) is 0 Å². The van der Waals surface area contributed by atoms with Gasteiger partial charge in [0.15, 0.2) is 0 Å². The van der Waals surface area contributed by atoms with E-state index in [4.69, 9.17) is 5.73 Å². The third-order valence-corrected chi connectivity index (χ3v) is 4.70. The first-order valence-corrected chi connectivity index (χ1v) is 7.30. The molecular formula is C14H26N2O2. The molecule has 1 aliphatic carbocycles. The molecule has 0 aromatic rings. The molecule has 0 spiro atoms. The fourth-order valence-corrected chi connectivity index (χ4v) is 3.38. The maximum Gasteiger partial charge on any atom is 0.226 e. The van der Waals surface area contributed by atoms with E-state index in [0.29, 0.717) is 32.0 Å². The molecule has 2 rings (SSSR count). The zero-order valence-electron chi connectivity index (χ0n) is 11.3. The van der Waals surface area contributed by atoms with Gasteiger partial charge in [0.1, 0.15) is 0 Å². The molecule has 3 N–H and O–H groups in total. The minimum absolute atomic E-state index is 0.131. The molecule has 1 amide bonds. The molecule has 1 saturated carbocycles. The van der Waals surface area contributed by atoms with Crippen molar-refractivity contribution >= 4 is 5.91 Å². The lowest BCUT2D eigenvalue weighted by Gasteiger charge is -2.39. The van der Waals surface area contributed by atoms with Gasteiger partial charge in [-0.3, -0.25) is 4.79 Å². The van der Waals surface area contributed by atoms with Crippen molar-refractivity contribution in [2.45, 2.75) is 45.1 Å². The molecule has 0 aromatic carbocycles. The number of likely N-dealkylation sites (tertiary alicyclic amines) is 1. The molecule has 4 unspecified atom stereocenters. The van der Waals surface area contributed by atoms with Crippen LogP contribution in [0.15, 0.2) is 0 Å². The van der Waals surface area contributed by atoms with E-state index in [9.17, 15) is 9.90 Å². The van der Waals surface area contributed by atoms with Crippen LogP contribution in [0.2, 0.25) is 0 Å². The van der Waals surface area contributed by atoms with Gasteiger partial charge in [0.25, 0.3) is 0 Å². The second-order valence-corrected chi connectivity index (χ2v) is 6.00. The fourth-order valence-electron chi connectivity index (χ4n) is 3.38. The molecule has 1 saturated heterocycles. The number of nitrogens with two attached hydrogens (primary N) is 1. The summed E-state index contributed by atoms with van der Waals surface area (Å²) in [5.74, 6) is 0.978. The molecule has 1 aliphatic heterocycles. The zero-order valence-corrected chi connectivity index (χ0v) is 11.3. The number of rotatable bonds is 2. The monoisotopic (exact) mass is 254 g/mol. The summed E-state index contributed by atoms with van der Waals surface area (Å²) in [6.45, 7) is 4.06. The van der Waals surface area contributed by atoms with Crippen LogP contribution in [-0.2, 0) is 4.79 Å². The van der Waals surface area contributed by atoms with Gasteiger partial charge in [-0.15, -0.1) is 0 Å². The van der Waals surface area contributed by atoms with Gasteiger partial charge in [0.05, 0.1) is 6.10 Å². The van der Waals surface area contributed by atoms with E-state index in [0.717, 1.165) is 19.3 Å². The molecule has 104 valence electrons. The standard InChI is InChI=1S/C14H26N2O2/c1-10-9-16(7-6-13(10)17)14(18)12-5-3-2-4-11(12)8-15/h10-13,17H,2-9,15H2,1H3. The van der Waals surface area contributed by atoms with Gasteiger partial charge >= 0.3 is 0 Å². The largest absolute Gasteiger partial charge is 0.393 e. The van der Waals surface area contributed by atoms with Gasteiger partial charge in [0.2, 0.25) is 5.91 Å². The Hall–Kier alpha value is -0.610. The number of carbonyl (C=O) groups is 1. The highest BCUT2D eigenvalue weighted by Gasteiger charge is 2.35. The van der Waals surface area contributed by atoms with Crippen molar-refractivity contribution in [2.24, 2.45) is 23.5 Å². The maximum absolute atomic E-state index is 12.6. The van der Waals surface area contributed by atoms with Crippen LogP contribution < -0.4 is 5.73 Å². The lowest BCUT2D eigenvalue weighted by atomic mass is 9.78. The average Bonchev–Trinajstić information content (AvgIpc) is 2.41. The Morgan fingerprint density at radius 3 is 2.72 bits per heavy atom. The summed E-state index contributed by atoms with van der Waals surface area (Å²) in [6.07, 6.45) is 4.92. The Morgan fingerprint density at radius 2 is 2.06 bits per heavy atom. The van der Waals surface area contributed by atoms with Crippen LogP contribution in [-0.4, -0.2) is 41.7 Å². The van der Waals surface area contributed by atoms with Gasteiger partial charge < -0.3 is 15.7 Å². The molecule has 2 aliphatic rings. The van der Waals surface area contributed by atoms with E-state index >= 15 is 0 Å². The Bertz CT molecular complexity index is 296. The van der Waals surface area contributed by atoms with Crippen molar-refractivity contribution < 1.29 is 9.90 Å². The summed E-state index contributed by atoms with van der Waals surface area (Å²) < 4.78 is 0. The quantitative estimate of drug-likeness (QED) is 0.772. The second-order valence-electron chi connectivity index (χ2n) is 6.00. The topological polar surface area (TPSA) is 66.6 Å². The highest BCUT2D eigenvalue weighted by Crippen LogP contribution is 2.32. The predicted molar refractivity (Wildman–Crippen MR) is 70.9 cm³/mol. The van der Waals surface area contributed by atoms with Crippen LogP contribution in [0.5, 0.6) is 0 Å². The van der Waals surface area contributed by atoms with Crippen LogP contribution in [0.25, 0.3) is 0 Å². The van der Waals surface area contributed by atoms with Crippen molar-refractivity contribution in [3.8, 4) is 0 Å². The second kappa shape index (κ2) is 6.02. The summed E-state index contributed by atoms with van der Waals surface area (Å²) >= 11 is 0. The summed E-state index contributed by atoms with van der Waals surface area (Å²) in [5, 5.41) is 9.73. The van der Waals surface area contributed by atoms with Gasteiger partial charge in [-0.25, -0.2) is 0 Å². The lowest BCUT2D eigenvalue weighted by molar-refractivity contribution is -0.142. The minimum atomic E-state index is -0.245. The van der Waals surface area contributed by atoms with Gasteiger partial charge in [-0.05, 0) is 37.6 Å². The van der Waals surface area contributed by atoms with E-state index < -0.39 is 0 Å². The fraction of sp³-hybridized carbons (Fsp3) is 0.929. The highest BCUT2D eigenvalue weighted by atomic mass is 16.3. The Morgan fingerprint density at radius 1 is 1.33 bits per heavy atom. The molecule has 0 radical (unpaired) electrons. The molecule has 2 fully saturated rings. The van der Waals surface area contributed by atoms with Crippen LogP contribution in [0.3, 0.4) is 0 Å². The number of carbonyl (C=O) groups excluding carboxylic acids is 1. The smallest absolute Gasteiger partial charge is 0.226 e. The zero-order chi connectivity index (χ0) is 13.1. The van der Waals surface area contributed by atoms with Gasteiger partial charge in [-0.1, -0.05) is 19.8 Å². The molecule has 4 nitrogen and oxygen atoms in total. The first-order chi connectivity index (χ1) is 8.63. The van der Waals surface area contributed by atoms with Gasteiger partial charge in [-0.2, -0.15) is 0 Å². The van der Waals surface area contributed by atoms with E-state index in [1.807, 2.05) is 11.8 Å². The molecule has 4 heteroatoms. The summed E-state index contributed by atoms with van der Waals surface area (Å²) in [5.41, 5.74) is 5.80. The van der Waals surface area contributed by atoms with Crippen LogP contribution >= 0.6 is 0 Å². The number of nitrogens with zero attached hydrogens (tertiary/aromatic N) is 1. The highest BCUT2D eigenvalue weighted by molar-refractivity contribution is 5.79. The van der Waals surface area contributed by atoms with Crippen LogP contribution in [0.1, 0.15) is 39.0 Å². The number of amides is 1. The van der Waals surface area contributed by atoms with Crippen molar-refractivity contribution in [1.29, 1.82) is 0 Å². The van der Waals surface area contributed by atoms with Crippen molar-refractivity contribution in [3.05, 3.63) is 0 Å². The third-order valence-electron chi connectivity index (χ3n) is 4.70. The van der Waals surface area contributed by atoms with Crippen LogP contribution in [0, 0.1) is 17.8 Å². The van der Waals surface area contributed by atoms with Gasteiger partial charge in [0, 0.05) is 19.0 Å². The number of piperidine rings is 1. The van der Waals surface area contributed by atoms with E-state index in [2.05, 4.69) is 0 Å². The van der Waals surface area contributed by atoms with E-state index in [1.165, 1.54) is 6.42 Å². The summed E-state index contributed by atoms with van der Waals surface area (Å²) in [4.78, 5) is 14.5. The Labute approximate surface area is 110 Å². The first kappa shape index (κ1) is 13.8. The molecule has 0 bridgehead atoms. The van der Waals surface area contributed by atoms with Crippen molar-refractivity contribution in [2.75, 3.05) is 19.6 Å². The van der Waals surface area contributed by atoms with Crippen molar-refractivity contribution in [1.82, 2.24) is 4.90 Å². The average molecular weight is 254 g/mol. The number of aliphatic hydroxyl groups excluding tert-OH is 1. The lowest BCUT2D eigenvalue weighted by Crippen LogP contribution is -2.49. The summed E-state index contributed by atoms with van der Waals surface area (Å²) in [6, 6.07) is 0. The summed E-state index contributed by atoms with van der Waals surface area (Å²) in [7, 11) is 0. The Kier molecular flexibility index (Phi) is 4.62. The first-order valence-electron chi connectivity index (χ1n) is 7.30. The normalized spacial score (nSPS) is 37.6. The SMILES string of the molecule is CC1CN(C(=O)C2CCCCC2CN)CCC1O. The molecular weight excluding hydrogens is 228 g/mol. The Balaban J connectivity index is 1.97. The predicted octanol–water partition coefficient (Wildman–Crippen LogP) is 0.981. The molecule has 4 atom stereocenters. The van der Waals surface area contributed by atoms with E-state index in [-0.39, 0.29) is 23.8 Å². The number of hydrogen-bond donors (Lipinski definition) is 2. The molecule has 1 heterocycles. The maximum atomic E-state index is 12.6. The number of hydrogen-bond acceptors (Lipinski definition) is 3. The number of aliphatic hydroxyl groups is 1. The van der Waals surface area contributed by atoms with Crippen LogP contribution in [0.4, 0.5) is 0 Å². The minimum Gasteiger partial charge on any atom is -0.393 e. The third kappa shape index (κ3) is 2.86.